The summed E-state index contributed by atoms with van der Waals surface area (Å²) in [7, 11) is 3.59. The maximum absolute atomic E-state index is 12.5. The van der Waals surface area contributed by atoms with Crippen molar-refractivity contribution in [3.8, 4) is 0 Å². The van der Waals surface area contributed by atoms with Crippen LogP contribution in [0.5, 0.6) is 0 Å². The second-order valence-electron chi connectivity index (χ2n) is 9.35. The van der Waals surface area contributed by atoms with E-state index in [9.17, 15) is 18.8 Å². The number of hydrazine groups is 1. The van der Waals surface area contributed by atoms with E-state index < -0.39 is 6.17 Å². The molecule has 1 heterocycles. The number of halogens is 1. The monoisotopic (exact) mass is 503 g/mol. The minimum absolute atomic E-state index is 0.00376. The Morgan fingerprint density at radius 3 is 2.53 bits per heavy atom. The number of hydrogen-bond donors (Lipinski definition) is 1. The van der Waals surface area contributed by atoms with E-state index in [4.69, 9.17) is 0 Å². The Morgan fingerprint density at radius 2 is 1.97 bits per heavy atom. The van der Waals surface area contributed by atoms with E-state index in [1.807, 2.05) is 14.0 Å². The van der Waals surface area contributed by atoms with Crippen molar-refractivity contribution < 1.29 is 18.8 Å². The number of carbonyl (C=O) groups is 3. The summed E-state index contributed by atoms with van der Waals surface area (Å²) in [4.78, 5) is 39.8. The molecule has 0 saturated carbocycles. The van der Waals surface area contributed by atoms with Crippen molar-refractivity contribution in [2.24, 2.45) is 0 Å². The molecule has 0 radical (unpaired) electrons. The highest BCUT2D eigenvalue weighted by Crippen LogP contribution is 2.21. The molecule has 1 aliphatic heterocycles. The normalized spacial score (nSPS) is 18.3. The van der Waals surface area contributed by atoms with E-state index in [0.717, 1.165) is 44.2 Å². The highest BCUT2D eigenvalue weighted by Gasteiger charge is 2.37. The lowest BCUT2D eigenvalue weighted by atomic mass is 9.97. The molecule has 3 rings (SSSR count). The molecule has 1 fully saturated rings. The van der Waals surface area contributed by atoms with Crippen molar-refractivity contribution in [2.75, 3.05) is 40.3 Å². The van der Waals surface area contributed by atoms with Gasteiger partial charge in [0.15, 0.2) is 0 Å². The standard InChI is InChI=1S/C19H32N4O3.C8H10FN/c1-4-11-22-18(23(15-24)20(3)14-19(22)26)13-21(16(2)25)12-10-17-8-6-5-7-9-17;1-10-6-7-2-4-8(9)5-3-7/h8,15,18H,4-7,9-14H2,1-3H3;2-5,10H,6H2,1H3. The number of benzene rings is 1. The second-order valence-corrected chi connectivity index (χ2v) is 9.35. The summed E-state index contributed by atoms with van der Waals surface area (Å²) in [5.74, 6) is -0.208. The number of rotatable bonds is 10. The Morgan fingerprint density at radius 1 is 1.25 bits per heavy atom. The molecule has 9 heteroatoms. The number of nitrogens with one attached hydrogen (secondary N) is 1. The summed E-state index contributed by atoms with van der Waals surface area (Å²) >= 11 is 0. The lowest BCUT2D eigenvalue weighted by molar-refractivity contribution is -0.180. The predicted molar refractivity (Wildman–Crippen MR) is 139 cm³/mol. The van der Waals surface area contributed by atoms with E-state index in [-0.39, 0.29) is 24.2 Å². The molecular formula is C27H42FN5O3. The molecule has 8 nitrogen and oxygen atoms in total. The van der Waals surface area contributed by atoms with Crippen LogP contribution in [0.4, 0.5) is 4.39 Å². The van der Waals surface area contributed by atoms with Crippen LogP contribution in [0.1, 0.15) is 57.9 Å². The summed E-state index contributed by atoms with van der Waals surface area (Å²) in [6, 6.07) is 6.47. The number of hydrogen-bond acceptors (Lipinski definition) is 5. The highest BCUT2D eigenvalue weighted by molar-refractivity contribution is 5.80. The van der Waals surface area contributed by atoms with Crippen LogP contribution in [0.15, 0.2) is 35.9 Å². The quantitative estimate of drug-likeness (QED) is 0.392. The minimum Gasteiger partial charge on any atom is -0.339 e. The van der Waals surface area contributed by atoms with Crippen LogP contribution < -0.4 is 5.32 Å². The van der Waals surface area contributed by atoms with Gasteiger partial charge in [0.2, 0.25) is 18.2 Å². The van der Waals surface area contributed by atoms with Gasteiger partial charge in [-0.3, -0.25) is 19.4 Å². The Hall–Kier alpha value is -2.78. The summed E-state index contributed by atoms with van der Waals surface area (Å²) in [6.45, 7) is 6.09. The molecule has 0 aromatic heterocycles. The summed E-state index contributed by atoms with van der Waals surface area (Å²) in [5.41, 5.74) is 2.51. The van der Waals surface area contributed by atoms with E-state index in [0.29, 0.717) is 19.6 Å². The van der Waals surface area contributed by atoms with Crippen molar-refractivity contribution in [3.63, 3.8) is 0 Å². The van der Waals surface area contributed by atoms with Gasteiger partial charge in [-0.25, -0.2) is 9.40 Å². The van der Waals surface area contributed by atoms with Gasteiger partial charge >= 0.3 is 0 Å². The van der Waals surface area contributed by atoms with Crippen LogP contribution in [-0.2, 0) is 20.9 Å². The molecule has 0 spiro atoms. The van der Waals surface area contributed by atoms with Crippen LogP contribution in [0, 0.1) is 5.82 Å². The van der Waals surface area contributed by atoms with E-state index in [1.165, 1.54) is 35.6 Å². The van der Waals surface area contributed by atoms with E-state index in [1.54, 1.807) is 40.9 Å². The lowest BCUT2D eigenvalue weighted by Crippen LogP contribution is -2.66. The molecule has 36 heavy (non-hydrogen) atoms. The van der Waals surface area contributed by atoms with Crippen molar-refractivity contribution in [1.82, 2.24) is 25.1 Å². The molecule has 3 amide bonds. The fourth-order valence-corrected chi connectivity index (χ4v) is 4.54. The maximum atomic E-state index is 12.5. The summed E-state index contributed by atoms with van der Waals surface area (Å²) < 4.78 is 12.3. The second kappa shape index (κ2) is 15.4. The van der Waals surface area contributed by atoms with Crippen LogP contribution in [-0.4, -0.2) is 84.5 Å². The minimum atomic E-state index is -0.442. The number of nitrogens with zero attached hydrogens (tertiary/aromatic N) is 4. The Balaban J connectivity index is 0.000000380. The van der Waals surface area contributed by atoms with Crippen LogP contribution in [0.2, 0.25) is 0 Å². The Kier molecular flexibility index (Phi) is 12.6. The van der Waals surface area contributed by atoms with Gasteiger partial charge in [0.1, 0.15) is 12.0 Å². The fourth-order valence-electron chi connectivity index (χ4n) is 4.54. The van der Waals surface area contributed by atoms with Gasteiger partial charge in [-0.05, 0) is 63.3 Å². The van der Waals surface area contributed by atoms with Crippen molar-refractivity contribution >= 4 is 18.2 Å². The zero-order valence-electron chi connectivity index (χ0n) is 22.2. The third-order valence-corrected chi connectivity index (χ3v) is 6.53. The number of amides is 3. The van der Waals surface area contributed by atoms with Crippen molar-refractivity contribution in [3.05, 3.63) is 47.3 Å². The average Bonchev–Trinajstić information content (AvgIpc) is 2.86. The topological polar surface area (TPSA) is 76.2 Å². The first-order chi connectivity index (χ1) is 17.3. The molecule has 1 aliphatic carbocycles. The molecular weight excluding hydrogens is 461 g/mol. The summed E-state index contributed by atoms with van der Waals surface area (Å²) in [6.07, 6.45) is 8.98. The van der Waals surface area contributed by atoms with Gasteiger partial charge in [0, 0.05) is 33.6 Å². The predicted octanol–water partition coefficient (Wildman–Crippen LogP) is 3.15. The zero-order valence-corrected chi connectivity index (χ0v) is 22.2. The molecule has 1 saturated heterocycles. The molecule has 1 unspecified atom stereocenters. The van der Waals surface area contributed by atoms with Gasteiger partial charge in [0.25, 0.3) is 0 Å². The number of likely N-dealkylation sites (N-methyl/N-ethyl adjacent to an activating group) is 1. The largest absolute Gasteiger partial charge is 0.339 e. The molecule has 2 aliphatic rings. The maximum Gasteiger partial charge on any atom is 0.240 e. The smallest absolute Gasteiger partial charge is 0.240 e. The molecule has 1 aromatic rings. The van der Waals surface area contributed by atoms with Crippen LogP contribution >= 0.6 is 0 Å². The van der Waals surface area contributed by atoms with Gasteiger partial charge in [-0.2, -0.15) is 0 Å². The first kappa shape index (κ1) is 29.5. The van der Waals surface area contributed by atoms with Gasteiger partial charge < -0.3 is 15.1 Å². The molecule has 0 bridgehead atoms. The van der Waals surface area contributed by atoms with Gasteiger partial charge in [-0.1, -0.05) is 30.7 Å². The molecule has 200 valence electrons. The van der Waals surface area contributed by atoms with Crippen molar-refractivity contribution in [1.29, 1.82) is 0 Å². The molecule has 1 aromatic carbocycles. The van der Waals surface area contributed by atoms with Gasteiger partial charge in [0.05, 0.1) is 13.1 Å². The summed E-state index contributed by atoms with van der Waals surface area (Å²) in [5, 5.41) is 6.15. The number of allylic oxidation sites excluding steroid dienone is 1. The van der Waals surface area contributed by atoms with Crippen LogP contribution in [0.3, 0.4) is 0 Å². The third kappa shape index (κ3) is 9.02. The van der Waals surface area contributed by atoms with Crippen molar-refractivity contribution in [2.45, 2.75) is 65.1 Å². The first-order valence-electron chi connectivity index (χ1n) is 12.9. The Bertz CT molecular complexity index is 877. The van der Waals surface area contributed by atoms with Crippen LogP contribution in [0.25, 0.3) is 0 Å². The first-order valence-corrected chi connectivity index (χ1v) is 12.9. The number of carbonyl (C=O) groups excluding carboxylic acids is 3. The lowest BCUT2D eigenvalue weighted by Gasteiger charge is -2.47. The fraction of sp³-hybridized carbons (Fsp3) is 0.593. The third-order valence-electron chi connectivity index (χ3n) is 6.53. The molecule has 1 N–H and O–H groups in total. The Labute approximate surface area is 215 Å². The van der Waals surface area contributed by atoms with E-state index in [2.05, 4.69) is 11.4 Å². The molecule has 1 atom stereocenters. The highest BCUT2D eigenvalue weighted by atomic mass is 19.1. The van der Waals surface area contributed by atoms with Gasteiger partial charge in [-0.15, -0.1) is 0 Å². The average molecular weight is 504 g/mol. The SMILES string of the molecule is CCCN1C(=O)CN(C)N(C=O)C1CN(CCC1=CCCCC1)C(C)=O.CNCc1ccc(F)cc1. The zero-order chi connectivity index (χ0) is 26.5. The van der Waals surface area contributed by atoms with E-state index >= 15 is 0 Å².